The van der Waals surface area contributed by atoms with E-state index >= 15 is 0 Å². The van der Waals surface area contributed by atoms with Gasteiger partial charge in [-0.1, -0.05) is 48.5 Å². The van der Waals surface area contributed by atoms with E-state index in [2.05, 4.69) is 26.3 Å². The number of nitrogens with zero attached hydrogens (tertiary/aromatic N) is 2. The summed E-state index contributed by atoms with van der Waals surface area (Å²) in [5.41, 5.74) is 1.87. The lowest BCUT2D eigenvalue weighted by molar-refractivity contribution is -0.140. The molecule has 0 unspecified atom stereocenters. The number of ether oxygens (including phenoxy) is 1. The van der Waals surface area contributed by atoms with Crippen LogP contribution in [0.5, 0.6) is 5.75 Å². The molecule has 47 heavy (non-hydrogen) atoms. The number of nitrogens with one attached hydrogen (secondary N) is 4. The Bertz CT molecular complexity index is 1550. The summed E-state index contributed by atoms with van der Waals surface area (Å²) in [5.74, 6) is -2.04. The van der Waals surface area contributed by atoms with Gasteiger partial charge >= 0.3 is 0 Å². The van der Waals surface area contributed by atoms with E-state index in [1.807, 2.05) is 42.5 Å². The van der Waals surface area contributed by atoms with Gasteiger partial charge in [0.2, 0.25) is 23.6 Å². The molecule has 2 aliphatic heterocycles. The molecule has 1 saturated heterocycles. The van der Waals surface area contributed by atoms with Crippen LogP contribution in [0.25, 0.3) is 0 Å². The summed E-state index contributed by atoms with van der Waals surface area (Å²) >= 11 is 0. The Morgan fingerprint density at radius 3 is 2.51 bits per heavy atom. The molecule has 0 spiro atoms. The van der Waals surface area contributed by atoms with Crippen LogP contribution in [-0.2, 0) is 32.0 Å². The summed E-state index contributed by atoms with van der Waals surface area (Å²) < 4.78 is 5.90. The molecule has 5 rings (SSSR count). The lowest BCUT2D eigenvalue weighted by Gasteiger charge is -2.28. The summed E-state index contributed by atoms with van der Waals surface area (Å²) in [6.45, 7) is 1.04. The number of carbonyl (C=O) groups is 5. The summed E-state index contributed by atoms with van der Waals surface area (Å²) in [4.78, 5) is 73.3. The highest BCUT2D eigenvalue weighted by atomic mass is 16.5. The lowest BCUT2D eigenvalue weighted by atomic mass is 10.0. The second kappa shape index (κ2) is 16.3. The van der Waals surface area contributed by atoms with Crippen molar-refractivity contribution in [3.63, 3.8) is 0 Å². The van der Waals surface area contributed by atoms with E-state index in [1.54, 1.807) is 36.5 Å². The maximum absolute atomic E-state index is 13.7. The minimum Gasteiger partial charge on any atom is -0.493 e. The number of para-hydroxylation sites is 1. The van der Waals surface area contributed by atoms with E-state index < -0.39 is 41.8 Å². The fourth-order valence-electron chi connectivity index (χ4n) is 5.75. The highest BCUT2D eigenvalue weighted by Crippen LogP contribution is 2.21. The molecule has 12 nitrogen and oxygen atoms in total. The Hall–Kier alpha value is -5.26. The lowest BCUT2D eigenvalue weighted by Crippen LogP contribution is -2.55. The number of amides is 5. The molecule has 246 valence electrons. The van der Waals surface area contributed by atoms with Gasteiger partial charge in [0.25, 0.3) is 5.91 Å². The molecule has 0 bridgehead atoms. The first kappa shape index (κ1) is 33.1. The zero-order valence-electron chi connectivity index (χ0n) is 26.2. The predicted octanol–water partition coefficient (Wildman–Crippen LogP) is 1.55. The van der Waals surface area contributed by atoms with Crippen LogP contribution in [0.15, 0.2) is 79.0 Å². The average Bonchev–Trinajstić information content (AvgIpc) is 3.59. The number of carbonyl (C=O) groups excluding carboxylic acids is 5. The summed E-state index contributed by atoms with van der Waals surface area (Å²) in [6.07, 6.45) is 3.48. The van der Waals surface area contributed by atoms with Crippen molar-refractivity contribution in [1.82, 2.24) is 31.2 Å². The third-order valence-corrected chi connectivity index (χ3v) is 8.21. The largest absolute Gasteiger partial charge is 0.493 e. The maximum Gasteiger partial charge on any atom is 0.255 e. The third kappa shape index (κ3) is 9.15. The van der Waals surface area contributed by atoms with Crippen LogP contribution >= 0.6 is 0 Å². The van der Waals surface area contributed by atoms with Gasteiger partial charge in [0, 0.05) is 44.4 Å². The Labute approximate surface area is 273 Å². The number of hydrogen-bond acceptors (Lipinski definition) is 7. The number of benzene rings is 2. The highest BCUT2D eigenvalue weighted by Gasteiger charge is 2.38. The molecule has 0 saturated carbocycles. The summed E-state index contributed by atoms with van der Waals surface area (Å²) in [6, 6.07) is 18.6. The average molecular weight is 641 g/mol. The second-order valence-corrected chi connectivity index (χ2v) is 11.6. The highest BCUT2D eigenvalue weighted by molar-refractivity contribution is 6.01. The van der Waals surface area contributed by atoms with Gasteiger partial charge in [-0.15, -0.1) is 0 Å². The normalized spacial score (nSPS) is 21.1. The first-order valence-electron chi connectivity index (χ1n) is 16.0. The molecule has 2 aromatic carbocycles. The molecule has 4 N–H and O–H groups in total. The molecule has 1 aromatic heterocycles. The smallest absolute Gasteiger partial charge is 0.255 e. The van der Waals surface area contributed by atoms with Crippen molar-refractivity contribution in [2.45, 2.75) is 56.7 Å². The number of hydrogen-bond donors (Lipinski definition) is 4. The molecule has 5 amide bonds. The first-order valence-corrected chi connectivity index (χ1v) is 16.0. The number of rotatable bonds is 6. The Morgan fingerprint density at radius 2 is 1.70 bits per heavy atom. The zero-order chi connectivity index (χ0) is 33.0. The molecule has 3 heterocycles. The van der Waals surface area contributed by atoms with Crippen molar-refractivity contribution in [3.8, 4) is 5.75 Å². The van der Waals surface area contributed by atoms with Crippen LogP contribution in [0, 0.1) is 0 Å². The molecule has 0 aliphatic carbocycles. The zero-order valence-corrected chi connectivity index (χ0v) is 26.2. The van der Waals surface area contributed by atoms with E-state index in [0.29, 0.717) is 38.0 Å². The molecule has 12 heteroatoms. The Kier molecular flexibility index (Phi) is 11.5. The van der Waals surface area contributed by atoms with Crippen LogP contribution in [-0.4, -0.2) is 83.8 Å². The fourth-order valence-corrected chi connectivity index (χ4v) is 5.75. The molecule has 0 radical (unpaired) electrons. The summed E-state index contributed by atoms with van der Waals surface area (Å²) in [7, 11) is 0. The van der Waals surface area contributed by atoms with Gasteiger partial charge in [-0.3, -0.25) is 29.0 Å². The van der Waals surface area contributed by atoms with Gasteiger partial charge in [-0.25, -0.2) is 0 Å². The molecular weight excluding hydrogens is 600 g/mol. The SMILES string of the molecule is O=C1N[C@H](C(=O)NCCc2ccccn2)CC(=O)N2CCC[C@H]2C(=O)N[C@@H](Cc2ccccc2)C(=O)NCCCOc2ccccc21. The van der Waals surface area contributed by atoms with E-state index in [-0.39, 0.29) is 44.0 Å². The minimum atomic E-state index is -1.22. The minimum absolute atomic E-state index is 0.202. The van der Waals surface area contributed by atoms with Crippen molar-refractivity contribution in [2.75, 3.05) is 26.2 Å². The standard InChI is InChI=1S/C35H40N6O6/c42-31-23-28(34(45)38-19-16-25-12-6-7-17-36-25)39-32(43)26-13-4-5-15-30(26)47-21-9-18-37-33(44)27(22-24-10-2-1-3-11-24)40-35(46)29-14-8-20-41(29)31/h1-7,10-13,15,17,27-29H,8-9,14,16,18-23H2,(H,37,44)(H,38,45)(H,39,43)(H,40,46)/t27-,28-,29-/m0/s1. The van der Waals surface area contributed by atoms with Crippen LogP contribution in [0.1, 0.15) is 47.3 Å². The quantitative estimate of drug-likeness (QED) is 0.318. The number of fused-ring (bicyclic) bond motifs is 2. The Balaban J connectivity index is 1.38. The molecule has 3 atom stereocenters. The van der Waals surface area contributed by atoms with Gasteiger partial charge < -0.3 is 30.9 Å². The molecular formula is C35H40N6O6. The first-order chi connectivity index (χ1) is 22.9. The molecule has 1 fully saturated rings. The van der Waals surface area contributed by atoms with Crippen LogP contribution in [0.3, 0.4) is 0 Å². The van der Waals surface area contributed by atoms with E-state index in [4.69, 9.17) is 4.74 Å². The van der Waals surface area contributed by atoms with Gasteiger partial charge in [-0.2, -0.15) is 0 Å². The second-order valence-electron chi connectivity index (χ2n) is 11.6. The van der Waals surface area contributed by atoms with Crippen LogP contribution in [0.4, 0.5) is 0 Å². The van der Waals surface area contributed by atoms with Crippen LogP contribution in [0.2, 0.25) is 0 Å². The van der Waals surface area contributed by atoms with E-state index in [1.165, 1.54) is 4.90 Å². The van der Waals surface area contributed by atoms with Crippen molar-refractivity contribution < 1.29 is 28.7 Å². The molecule has 3 aromatic rings. The Morgan fingerprint density at radius 1 is 0.915 bits per heavy atom. The third-order valence-electron chi connectivity index (χ3n) is 8.21. The molecule has 2 aliphatic rings. The topological polar surface area (TPSA) is 159 Å². The van der Waals surface area contributed by atoms with Gasteiger partial charge in [0.15, 0.2) is 0 Å². The van der Waals surface area contributed by atoms with Gasteiger partial charge in [-0.05, 0) is 49.1 Å². The maximum atomic E-state index is 13.7. The van der Waals surface area contributed by atoms with Crippen molar-refractivity contribution in [2.24, 2.45) is 0 Å². The van der Waals surface area contributed by atoms with Crippen LogP contribution < -0.4 is 26.0 Å². The van der Waals surface area contributed by atoms with Crippen molar-refractivity contribution in [1.29, 1.82) is 0 Å². The van der Waals surface area contributed by atoms with Crippen molar-refractivity contribution >= 4 is 29.5 Å². The summed E-state index contributed by atoms with van der Waals surface area (Å²) in [5, 5.41) is 11.3. The number of aromatic nitrogens is 1. The van der Waals surface area contributed by atoms with Gasteiger partial charge in [0.05, 0.1) is 18.6 Å². The van der Waals surface area contributed by atoms with Crippen molar-refractivity contribution in [3.05, 3.63) is 95.8 Å². The predicted molar refractivity (Wildman–Crippen MR) is 173 cm³/mol. The number of pyridine rings is 1. The fraction of sp³-hybridized carbons (Fsp3) is 0.371. The van der Waals surface area contributed by atoms with E-state index in [0.717, 1.165) is 11.3 Å². The van der Waals surface area contributed by atoms with Gasteiger partial charge in [0.1, 0.15) is 23.9 Å². The monoisotopic (exact) mass is 640 g/mol. The van der Waals surface area contributed by atoms with E-state index in [9.17, 15) is 24.0 Å².